The number of rotatable bonds is 3. The Morgan fingerprint density at radius 1 is 1.35 bits per heavy atom. The van der Waals surface area contributed by atoms with Crippen molar-refractivity contribution in [1.82, 2.24) is 10.2 Å². The maximum atomic E-state index is 9.52. The highest BCUT2D eigenvalue weighted by Gasteiger charge is 2.49. The number of nitriles is 1. The Bertz CT molecular complexity index is 503. The summed E-state index contributed by atoms with van der Waals surface area (Å²) in [5.41, 5.74) is 1.33. The Labute approximate surface area is 121 Å². The van der Waals surface area contributed by atoms with E-state index in [0.29, 0.717) is 0 Å². The molecular formula is C17H23N3. The summed E-state index contributed by atoms with van der Waals surface area (Å²) in [5.74, 6) is 1.44. The van der Waals surface area contributed by atoms with Crippen LogP contribution in [0.4, 0.5) is 0 Å². The quantitative estimate of drug-likeness (QED) is 0.914. The summed E-state index contributed by atoms with van der Waals surface area (Å²) in [6, 6.07) is 12.7. The van der Waals surface area contributed by atoms with E-state index in [2.05, 4.69) is 42.3 Å². The number of hydrogen-bond donors (Lipinski definition) is 1. The average Bonchev–Trinajstić information content (AvgIpc) is 3.00. The van der Waals surface area contributed by atoms with Gasteiger partial charge < -0.3 is 5.32 Å². The first-order valence-corrected chi connectivity index (χ1v) is 7.53. The molecule has 0 amide bonds. The van der Waals surface area contributed by atoms with Crippen LogP contribution in [0.5, 0.6) is 0 Å². The summed E-state index contributed by atoms with van der Waals surface area (Å²) in [6.07, 6.45) is 0. The van der Waals surface area contributed by atoms with Crippen LogP contribution in [0.2, 0.25) is 0 Å². The van der Waals surface area contributed by atoms with Crippen molar-refractivity contribution in [2.45, 2.75) is 25.3 Å². The Morgan fingerprint density at radius 3 is 2.75 bits per heavy atom. The van der Waals surface area contributed by atoms with Crippen LogP contribution in [0.15, 0.2) is 30.3 Å². The minimum Gasteiger partial charge on any atom is -0.316 e. The van der Waals surface area contributed by atoms with E-state index in [9.17, 15) is 5.26 Å². The van der Waals surface area contributed by atoms with Gasteiger partial charge >= 0.3 is 0 Å². The van der Waals surface area contributed by atoms with Gasteiger partial charge in [0.25, 0.3) is 0 Å². The zero-order valence-corrected chi connectivity index (χ0v) is 12.3. The van der Waals surface area contributed by atoms with Crippen LogP contribution < -0.4 is 5.32 Å². The molecule has 2 aliphatic heterocycles. The topological polar surface area (TPSA) is 39.1 Å². The van der Waals surface area contributed by atoms with Crippen molar-refractivity contribution >= 4 is 0 Å². The van der Waals surface area contributed by atoms with Gasteiger partial charge in [-0.2, -0.15) is 5.26 Å². The van der Waals surface area contributed by atoms with Crippen LogP contribution in [0.1, 0.15) is 25.3 Å². The second-order valence-electron chi connectivity index (χ2n) is 6.68. The predicted octanol–water partition coefficient (Wildman–Crippen LogP) is 2.22. The monoisotopic (exact) mass is 269 g/mol. The lowest BCUT2D eigenvalue weighted by Gasteiger charge is -2.36. The summed E-state index contributed by atoms with van der Waals surface area (Å²) in [5, 5.41) is 13.0. The van der Waals surface area contributed by atoms with Gasteiger partial charge in [-0.05, 0) is 37.8 Å². The molecule has 0 spiro atoms. The van der Waals surface area contributed by atoms with E-state index in [4.69, 9.17) is 0 Å². The summed E-state index contributed by atoms with van der Waals surface area (Å²) in [6.45, 7) is 8.90. The number of nitrogens with zero attached hydrogens (tertiary/aromatic N) is 2. The number of nitrogens with one attached hydrogen (secondary N) is 1. The molecule has 106 valence electrons. The lowest BCUT2D eigenvalue weighted by molar-refractivity contribution is 0.137. The smallest absolute Gasteiger partial charge is 0.0839 e. The first-order chi connectivity index (χ1) is 9.63. The highest BCUT2D eigenvalue weighted by atomic mass is 15.2. The second-order valence-corrected chi connectivity index (χ2v) is 6.68. The largest absolute Gasteiger partial charge is 0.316 e. The van der Waals surface area contributed by atoms with Gasteiger partial charge in [-0.25, -0.2) is 0 Å². The van der Waals surface area contributed by atoms with Gasteiger partial charge in [0.1, 0.15) is 0 Å². The lowest BCUT2D eigenvalue weighted by atomic mass is 9.84. The molecule has 0 bridgehead atoms. The SMILES string of the molecule is CC1(C)C2CNCC2CN1CC(C#N)c1ccccc1. The highest BCUT2D eigenvalue weighted by Crippen LogP contribution is 2.41. The fourth-order valence-electron chi connectivity index (χ4n) is 3.94. The fraction of sp³-hybridized carbons (Fsp3) is 0.588. The third-order valence-electron chi connectivity index (χ3n) is 5.28. The number of fused-ring (bicyclic) bond motifs is 1. The Kier molecular flexibility index (Phi) is 3.54. The molecule has 2 fully saturated rings. The van der Waals surface area contributed by atoms with E-state index in [-0.39, 0.29) is 11.5 Å². The highest BCUT2D eigenvalue weighted by molar-refractivity contribution is 5.25. The molecule has 1 N–H and O–H groups in total. The van der Waals surface area contributed by atoms with Gasteiger partial charge in [0.2, 0.25) is 0 Å². The minimum atomic E-state index is -0.0257. The first kappa shape index (κ1) is 13.6. The number of hydrogen-bond acceptors (Lipinski definition) is 3. The van der Waals surface area contributed by atoms with Crippen molar-refractivity contribution in [3.8, 4) is 6.07 Å². The standard InChI is InChI=1S/C17H23N3/c1-17(2)16-10-19-9-15(16)12-20(17)11-14(8-18)13-6-4-3-5-7-13/h3-7,14-16,19H,9-12H2,1-2H3. The summed E-state index contributed by atoms with van der Waals surface area (Å²) >= 11 is 0. The second kappa shape index (κ2) is 5.20. The molecule has 20 heavy (non-hydrogen) atoms. The van der Waals surface area contributed by atoms with E-state index in [1.54, 1.807) is 0 Å². The maximum absolute atomic E-state index is 9.52. The molecule has 0 aromatic heterocycles. The van der Waals surface area contributed by atoms with Gasteiger partial charge in [-0.1, -0.05) is 30.3 Å². The zero-order chi connectivity index (χ0) is 14.2. The molecule has 1 aromatic rings. The van der Waals surface area contributed by atoms with Gasteiger partial charge in [-0.15, -0.1) is 0 Å². The maximum Gasteiger partial charge on any atom is 0.0839 e. The molecule has 3 unspecified atom stereocenters. The summed E-state index contributed by atoms with van der Waals surface area (Å²) in [4.78, 5) is 2.53. The molecule has 3 atom stereocenters. The minimum absolute atomic E-state index is 0.0257. The van der Waals surface area contributed by atoms with Crippen molar-refractivity contribution < 1.29 is 0 Å². The predicted molar refractivity (Wildman–Crippen MR) is 80.3 cm³/mol. The molecule has 0 saturated carbocycles. The number of benzene rings is 1. The Balaban J connectivity index is 1.76. The third kappa shape index (κ3) is 2.24. The Morgan fingerprint density at radius 2 is 2.10 bits per heavy atom. The number of likely N-dealkylation sites (tertiary alicyclic amines) is 1. The molecule has 2 aliphatic rings. The van der Waals surface area contributed by atoms with Crippen LogP contribution >= 0.6 is 0 Å². The molecule has 0 radical (unpaired) electrons. The van der Waals surface area contributed by atoms with Gasteiger partial charge in [0.15, 0.2) is 0 Å². The zero-order valence-electron chi connectivity index (χ0n) is 12.3. The molecule has 2 heterocycles. The fourth-order valence-corrected chi connectivity index (χ4v) is 3.94. The molecule has 3 nitrogen and oxygen atoms in total. The van der Waals surface area contributed by atoms with Gasteiger partial charge in [0.05, 0.1) is 12.0 Å². The normalized spacial score (nSPS) is 29.9. The average molecular weight is 269 g/mol. The molecule has 3 rings (SSSR count). The van der Waals surface area contributed by atoms with Crippen LogP contribution in [0.3, 0.4) is 0 Å². The van der Waals surface area contributed by atoms with Crippen LogP contribution in [0, 0.1) is 23.2 Å². The van der Waals surface area contributed by atoms with E-state index >= 15 is 0 Å². The van der Waals surface area contributed by atoms with Crippen molar-refractivity contribution in [3.63, 3.8) is 0 Å². The van der Waals surface area contributed by atoms with Gasteiger partial charge in [-0.3, -0.25) is 4.90 Å². The van der Waals surface area contributed by atoms with Crippen molar-refractivity contribution in [2.24, 2.45) is 11.8 Å². The summed E-state index contributed by atoms with van der Waals surface area (Å²) in [7, 11) is 0. The van der Waals surface area contributed by atoms with E-state index in [0.717, 1.165) is 43.6 Å². The molecule has 3 heteroatoms. The Hall–Kier alpha value is -1.37. The molecular weight excluding hydrogens is 246 g/mol. The van der Waals surface area contributed by atoms with Crippen LogP contribution in [-0.2, 0) is 0 Å². The molecule has 1 aromatic carbocycles. The van der Waals surface area contributed by atoms with E-state index in [1.165, 1.54) is 0 Å². The van der Waals surface area contributed by atoms with Crippen LogP contribution in [0.25, 0.3) is 0 Å². The van der Waals surface area contributed by atoms with Crippen molar-refractivity contribution in [1.29, 1.82) is 5.26 Å². The van der Waals surface area contributed by atoms with Crippen LogP contribution in [-0.4, -0.2) is 36.6 Å². The van der Waals surface area contributed by atoms with Gasteiger partial charge in [0, 0.05) is 25.2 Å². The first-order valence-electron chi connectivity index (χ1n) is 7.53. The van der Waals surface area contributed by atoms with Crippen molar-refractivity contribution in [2.75, 3.05) is 26.2 Å². The molecule has 0 aliphatic carbocycles. The third-order valence-corrected chi connectivity index (χ3v) is 5.28. The van der Waals surface area contributed by atoms with Crippen molar-refractivity contribution in [3.05, 3.63) is 35.9 Å². The summed E-state index contributed by atoms with van der Waals surface area (Å²) < 4.78 is 0. The molecule has 2 saturated heterocycles. The van der Waals surface area contributed by atoms with E-state index < -0.39 is 0 Å². The lowest BCUT2D eigenvalue weighted by Crippen LogP contribution is -2.46. The van der Waals surface area contributed by atoms with E-state index in [1.807, 2.05) is 18.2 Å².